The summed E-state index contributed by atoms with van der Waals surface area (Å²) in [6, 6.07) is 71.9. The van der Waals surface area contributed by atoms with E-state index in [1.165, 1.54) is 0 Å². The Morgan fingerprint density at radius 1 is 0.426 bits per heavy atom. The van der Waals surface area contributed by atoms with Crippen LogP contribution in [-0.2, 0) is 5.41 Å². The Hall–Kier alpha value is -7.94. The molecule has 1 spiro atoms. The number of rotatable bonds is 5. The summed E-state index contributed by atoms with van der Waals surface area (Å²) in [6.45, 7) is 0. The van der Waals surface area contributed by atoms with E-state index in [1.54, 1.807) is 0 Å². The maximum Gasteiger partial charge on any atom is 0.0726 e. The largest absolute Gasteiger partial charge is 0.310 e. The second-order valence-corrected chi connectivity index (χ2v) is 16.1. The van der Waals surface area contributed by atoms with Gasteiger partial charge in [0.1, 0.15) is 0 Å². The molecule has 61 heavy (non-hydrogen) atoms. The molecule has 11 aromatic rings. The van der Waals surface area contributed by atoms with Crippen molar-refractivity contribution in [2.75, 3.05) is 4.90 Å². The predicted octanol–water partition coefficient (Wildman–Crippen LogP) is 15.4. The van der Waals surface area contributed by atoms with E-state index in [1.807, 2.05) is 12.1 Å². The first-order valence-electron chi connectivity index (χ1n) is 22.9. The number of aromatic nitrogens is 1. The fraction of sp³-hybridized carbons (Fsp3) is 0.0169. The average Bonchev–Trinajstić information content (AvgIpc) is 3.86. The third kappa shape index (κ3) is 4.73. The fourth-order valence-electron chi connectivity index (χ4n) is 10.7. The Morgan fingerprint density at radius 3 is 1.93 bits per heavy atom. The van der Waals surface area contributed by atoms with Gasteiger partial charge in [-0.2, -0.15) is 0 Å². The molecular formula is C59H38N2. The zero-order valence-corrected chi connectivity index (χ0v) is 33.0. The SMILES string of the molecule is [2H]c1c([2H])c([2H])c2c(c1[2H])-c1c(N(c3ccc(-c4ccccc4)cc3)c3ccc4c(c3)c3ccccc3n4-c3ccccc3)cccc1C21c2ccccc2-c2cccc3cccc1c23. The topological polar surface area (TPSA) is 8.17 Å². The van der Waals surface area contributed by atoms with Crippen LogP contribution in [0.1, 0.15) is 27.7 Å². The van der Waals surface area contributed by atoms with Crippen LogP contribution in [-0.4, -0.2) is 4.57 Å². The minimum atomic E-state index is -1.06. The quantitative estimate of drug-likeness (QED) is 0.169. The standard InChI is InChI=1S/C59H38N2/c1-3-16-39(17-4-1)40-32-34-43(35-33-40)60(44-36-37-55-49(38-44)46-23-9-12-30-54(46)61(55)42-20-5-2-6-21-42)56-31-15-29-53-58(56)48-24-8-11-27-51(48)59(53)50-26-10-7-22-45(50)47-25-13-18-41-19-14-28-52(59)57(41)47/h1-38H/i8D,11D,24D,27D. The highest BCUT2D eigenvalue weighted by Crippen LogP contribution is 2.64. The highest BCUT2D eigenvalue weighted by molar-refractivity contribution is 6.12. The van der Waals surface area contributed by atoms with E-state index in [4.69, 9.17) is 0 Å². The van der Waals surface area contributed by atoms with Gasteiger partial charge in [-0.25, -0.2) is 0 Å². The Balaban J connectivity index is 1.15. The molecule has 2 aliphatic rings. The first-order chi connectivity index (χ1) is 31.9. The van der Waals surface area contributed by atoms with Crippen LogP contribution in [0.5, 0.6) is 0 Å². The molecule has 1 unspecified atom stereocenters. The number of fused-ring (bicyclic) bond motifs is 12. The maximum absolute atomic E-state index is 9.91. The van der Waals surface area contributed by atoms with E-state index in [0.717, 1.165) is 99.8 Å². The molecule has 2 aliphatic carbocycles. The number of hydrogen-bond acceptors (Lipinski definition) is 1. The fourth-order valence-corrected chi connectivity index (χ4v) is 10.7. The van der Waals surface area contributed by atoms with Crippen LogP contribution in [0.25, 0.3) is 71.6 Å². The van der Waals surface area contributed by atoms with Crippen LogP contribution in [0.3, 0.4) is 0 Å². The van der Waals surface area contributed by atoms with E-state index in [2.05, 4.69) is 204 Å². The van der Waals surface area contributed by atoms with Crippen LogP contribution in [0.2, 0.25) is 0 Å². The molecule has 2 nitrogen and oxygen atoms in total. The lowest BCUT2D eigenvalue weighted by Gasteiger charge is -2.40. The third-order valence-electron chi connectivity index (χ3n) is 13.1. The lowest BCUT2D eigenvalue weighted by molar-refractivity contribution is 0.773. The van der Waals surface area contributed by atoms with Gasteiger partial charge < -0.3 is 9.47 Å². The monoisotopic (exact) mass is 778 g/mol. The van der Waals surface area contributed by atoms with E-state index in [-0.39, 0.29) is 24.2 Å². The van der Waals surface area contributed by atoms with Crippen LogP contribution in [0.4, 0.5) is 17.1 Å². The van der Waals surface area contributed by atoms with Gasteiger partial charge in [-0.05, 0) is 115 Å². The molecule has 10 aromatic carbocycles. The maximum atomic E-state index is 9.91. The molecule has 0 saturated carbocycles. The average molecular weight is 779 g/mol. The summed E-state index contributed by atoms with van der Waals surface area (Å²) in [7, 11) is 0. The third-order valence-corrected chi connectivity index (χ3v) is 13.1. The predicted molar refractivity (Wildman–Crippen MR) is 255 cm³/mol. The number of anilines is 3. The molecule has 1 aromatic heterocycles. The van der Waals surface area contributed by atoms with Crippen LogP contribution in [0, 0.1) is 0 Å². The number of para-hydroxylation sites is 2. The molecule has 0 bridgehead atoms. The first kappa shape index (κ1) is 30.2. The van der Waals surface area contributed by atoms with Gasteiger partial charge in [0.15, 0.2) is 0 Å². The van der Waals surface area contributed by atoms with Gasteiger partial charge in [0.05, 0.1) is 27.6 Å². The van der Waals surface area contributed by atoms with Crippen LogP contribution in [0.15, 0.2) is 230 Å². The second-order valence-electron chi connectivity index (χ2n) is 16.1. The van der Waals surface area contributed by atoms with E-state index >= 15 is 0 Å². The Bertz CT molecular complexity index is 3760. The van der Waals surface area contributed by atoms with Crippen LogP contribution < -0.4 is 4.90 Å². The number of nitrogens with zero attached hydrogens (tertiary/aromatic N) is 2. The smallest absolute Gasteiger partial charge is 0.0726 e. The molecule has 0 radical (unpaired) electrons. The van der Waals surface area contributed by atoms with Crippen molar-refractivity contribution in [3.63, 3.8) is 0 Å². The zero-order valence-electron chi connectivity index (χ0n) is 37.0. The zero-order chi connectivity index (χ0) is 43.6. The molecule has 0 saturated heterocycles. The molecule has 1 heterocycles. The molecule has 13 rings (SSSR count). The van der Waals surface area contributed by atoms with Crippen LogP contribution >= 0.6 is 0 Å². The van der Waals surface area contributed by atoms with Gasteiger partial charge in [-0.15, -0.1) is 0 Å². The molecule has 0 amide bonds. The van der Waals surface area contributed by atoms with Gasteiger partial charge in [0.25, 0.3) is 0 Å². The summed E-state index contributed by atoms with van der Waals surface area (Å²) in [6.07, 6.45) is 0. The van der Waals surface area contributed by atoms with Gasteiger partial charge in [0.2, 0.25) is 0 Å². The molecule has 2 heteroatoms. The summed E-state index contributed by atoms with van der Waals surface area (Å²) in [5.74, 6) is 0. The second kappa shape index (κ2) is 13.0. The first-order valence-corrected chi connectivity index (χ1v) is 20.9. The molecule has 0 fully saturated rings. The summed E-state index contributed by atoms with van der Waals surface area (Å²) in [5, 5.41) is 4.42. The Kier molecular flexibility index (Phi) is 6.44. The molecule has 0 aliphatic heterocycles. The van der Waals surface area contributed by atoms with Gasteiger partial charge in [-0.3, -0.25) is 0 Å². The lowest BCUT2D eigenvalue weighted by Crippen LogP contribution is -2.31. The van der Waals surface area contributed by atoms with Crippen molar-refractivity contribution in [1.82, 2.24) is 4.57 Å². The minimum Gasteiger partial charge on any atom is -0.310 e. The Labute approximate surface area is 360 Å². The number of hydrogen-bond donors (Lipinski definition) is 0. The summed E-state index contributed by atoms with van der Waals surface area (Å²) in [4.78, 5) is 2.29. The molecular weight excluding hydrogens is 737 g/mol. The van der Waals surface area contributed by atoms with Gasteiger partial charge >= 0.3 is 0 Å². The summed E-state index contributed by atoms with van der Waals surface area (Å²) < 4.78 is 40.5. The normalized spacial score (nSPS) is 15.5. The van der Waals surface area contributed by atoms with Crippen molar-refractivity contribution in [3.8, 4) is 39.1 Å². The van der Waals surface area contributed by atoms with Crippen molar-refractivity contribution in [3.05, 3.63) is 253 Å². The summed E-state index contributed by atoms with van der Waals surface area (Å²) >= 11 is 0. The Morgan fingerprint density at radius 2 is 1.07 bits per heavy atom. The minimum absolute atomic E-state index is 0.0248. The lowest BCUT2D eigenvalue weighted by atomic mass is 9.61. The highest BCUT2D eigenvalue weighted by atomic mass is 15.1. The molecule has 1 atom stereocenters. The summed E-state index contributed by atoms with van der Waals surface area (Å²) in [5.41, 5.74) is 14.1. The van der Waals surface area contributed by atoms with Crippen molar-refractivity contribution in [2.24, 2.45) is 0 Å². The van der Waals surface area contributed by atoms with Crippen molar-refractivity contribution < 1.29 is 5.48 Å². The van der Waals surface area contributed by atoms with Gasteiger partial charge in [0, 0.05) is 33.4 Å². The molecule has 284 valence electrons. The van der Waals surface area contributed by atoms with Crippen molar-refractivity contribution >= 4 is 49.6 Å². The van der Waals surface area contributed by atoms with E-state index in [0.29, 0.717) is 11.1 Å². The van der Waals surface area contributed by atoms with Gasteiger partial charge in [-0.1, -0.05) is 176 Å². The van der Waals surface area contributed by atoms with Crippen molar-refractivity contribution in [1.29, 1.82) is 0 Å². The highest BCUT2D eigenvalue weighted by Gasteiger charge is 2.51. The van der Waals surface area contributed by atoms with E-state index < -0.39 is 5.41 Å². The number of benzene rings is 10. The van der Waals surface area contributed by atoms with E-state index in [9.17, 15) is 5.48 Å². The molecule has 0 N–H and O–H groups in total. The van der Waals surface area contributed by atoms with Crippen molar-refractivity contribution in [2.45, 2.75) is 5.41 Å².